The van der Waals surface area contributed by atoms with Crippen LogP contribution >= 0.6 is 11.6 Å². The highest BCUT2D eigenvalue weighted by molar-refractivity contribution is 8.25. The molecule has 0 aliphatic carbocycles. The van der Waals surface area contributed by atoms with Gasteiger partial charge in [0.15, 0.2) is 0 Å². The largest absolute Gasteiger partial charge is 0.423 e. The molecule has 1 fully saturated rings. The molecule has 64 valence electrons. The molecule has 1 aliphatic heterocycles. The van der Waals surface area contributed by atoms with Gasteiger partial charge in [-0.2, -0.15) is 11.6 Å². The second kappa shape index (κ2) is 3.86. The van der Waals surface area contributed by atoms with Gasteiger partial charge in [0.05, 0.1) is 0 Å². The molecule has 0 amide bonds. The third-order valence-electron chi connectivity index (χ3n) is 1.94. The summed E-state index contributed by atoms with van der Waals surface area (Å²) < 4.78 is 5.78. The van der Waals surface area contributed by atoms with Crippen molar-refractivity contribution in [3.63, 3.8) is 0 Å². The second-order valence-electron chi connectivity index (χ2n) is 3.74. The van der Waals surface area contributed by atoms with Crippen molar-refractivity contribution in [3.05, 3.63) is 0 Å². The molecule has 1 saturated heterocycles. The Kier molecular flexibility index (Phi) is 3.32. The smallest absolute Gasteiger partial charge is 0.364 e. The Balaban J connectivity index is 2.43. The van der Waals surface area contributed by atoms with Gasteiger partial charge >= 0.3 is 6.19 Å². The van der Waals surface area contributed by atoms with Crippen LogP contribution in [0.3, 0.4) is 0 Å². The van der Waals surface area contributed by atoms with E-state index in [4.69, 9.17) is 4.65 Å². The highest BCUT2D eigenvalue weighted by Crippen LogP contribution is 2.33. The Hall–Kier alpha value is 0.375. The lowest BCUT2D eigenvalue weighted by Crippen LogP contribution is -2.33. The van der Waals surface area contributed by atoms with Crippen LogP contribution in [0.25, 0.3) is 0 Å². The molecule has 0 aromatic rings. The predicted molar refractivity (Wildman–Crippen MR) is 53.1 cm³/mol. The summed E-state index contributed by atoms with van der Waals surface area (Å²) in [5, 5.41) is 0.770. The van der Waals surface area contributed by atoms with E-state index in [0.29, 0.717) is 18.1 Å². The van der Waals surface area contributed by atoms with Gasteiger partial charge in [-0.25, -0.2) is 0 Å². The maximum atomic E-state index is 5.78. The molecule has 1 rings (SSSR count). The van der Waals surface area contributed by atoms with Crippen LogP contribution in [0, 0.1) is 0 Å². The number of hydrogen-bond acceptors (Lipinski definition) is 2. The van der Waals surface area contributed by atoms with Crippen molar-refractivity contribution in [2.75, 3.05) is 0 Å². The van der Waals surface area contributed by atoms with E-state index in [-0.39, 0.29) is 0 Å². The minimum atomic E-state index is 0.425. The second-order valence-corrected chi connectivity index (χ2v) is 5.28. The van der Waals surface area contributed by atoms with Crippen molar-refractivity contribution in [2.24, 2.45) is 0 Å². The summed E-state index contributed by atoms with van der Waals surface area (Å²) in [6, 6.07) is 0. The van der Waals surface area contributed by atoms with Gasteiger partial charge in [0.25, 0.3) is 0 Å². The zero-order valence-corrected chi connectivity index (χ0v) is 8.65. The van der Waals surface area contributed by atoms with Crippen LogP contribution in [0.1, 0.15) is 34.1 Å². The fourth-order valence-corrected chi connectivity index (χ4v) is 2.79. The predicted octanol–water partition coefficient (Wildman–Crippen LogP) is 2.82. The maximum Gasteiger partial charge on any atom is 0.364 e. The first-order valence-electron chi connectivity index (χ1n) is 4.40. The van der Waals surface area contributed by atoms with Gasteiger partial charge in [-0.05, 0) is 24.4 Å². The summed E-state index contributed by atoms with van der Waals surface area (Å²) >= 11 is 1.98. The van der Waals surface area contributed by atoms with Crippen LogP contribution in [0.2, 0.25) is 5.82 Å². The van der Waals surface area contributed by atoms with Gasteiger partial charge in [0, 0.05) is 6.10 Å². The molecule has 0 aromatic carbocycles. The third-order valence-corrected chi connectivity index (χ3v) is 3.52. The Morgan fingerprint density at radius 3 is 2.55 bits per heavy atom. The van der Waals surface area contributed by atoms with E-state index in [0.717, 1.165) is 5.25 Å². The minimum Gasteiger partial charge on any atom is -0.423 e. The summed E-state index contributed by atoms with van der Waals surface area (Å²) in [6.45, 7) is 8.91. The van der Waals surface area contributed by atoms with Gasteiger partial charge in [-0.3, -0.25) is 0 Å². The highest BCUT2D eigenvalue weighted by atomic mass is 32.2. The summed E-state index contributed by atoms with van der Waals surface area (Å²) in [4.78, 5) is 0. The standard InChI is InChI=1S/C8H17BOS/c1-6(2)9-10-7(3)5-8(4)11-9/h6-8H,5H2,1-4H3. The van der Waals surface area contributed by atoms with Crippen LogP contribution in [-0.2, 0) is 4.65 Å². The SMILES string of the molecule is CC1CC(C)SB(C(C)C)O1. The van der Waals surface area contributed by atoms with E-state index < -0.39 is 0 Å². The molecule has 11 heavy (non-hydrogen) atoms. The first-order chi connectivity index (χ1) is 5.09. The normalized spacial score (nSPS) is 33.0. The molecule has 0 aromatic heterocycles. The van der Waals surface area contributed by atoms with Crippen LogP contribution in [0.4, 0.5) is 0 Å². The molecule has 1 aliphatic rings. The lowest BCUT2D eigenvalue weighted by atomic mass is 9.80. The van der Waals surface area contributed by atoms with Crippen molar-refractivity contribution < 1.29 is 4.65 Å². The zero-order valence-electron chi connectivity index (χ0n) is 7.83. The number of rotatable bonds is 1. The molecule has 1 heterocycles. The van der Waals surface area contributed by atoms with Gasteiger partial charge in [0.1, 0.15) is 0 Å². The monoisotopic (exact) mass is 172 g/mol. The maximum absolute atomic E-state index is 5.78. The molecule has 0 spiro atoms. The zero-order chi connectivity index (χ0) is 8.43. The van der Waals surface area contributed by atoms with Crippen LogP contribution < -0.4 is 0 Å². The molecular formula is C8H17BOS. The molecule has 0 radical (unpaired) electrons. The average Bonchev–Trinajstić information content (AvgIpc) is 1.85. The first kappa shape index (κ1) is 9.46. The average molecular weight is 172 g/mol. The van der Waals surface area contributed by atoms with E-state index >= 15 is 0 Å². The van der Waals surface area contributed by atoms with Crippen LogP contribution in [0.5, 0.6) is 0 Å². The fraction of sp³-hybridized carbons (Fsp3) is 1.00. The van der Waals surface area contributed by atoms with Crippen molar-refractivity contribution in [2.45, 2.75) is 51.3 Å². The molecule has 0 saturated carbocycles. The van der Waals surface area contributed by atoms with E-state index in [1.807, 2.05) is 11.6 Å². The van der Waals surface area contributed by atoms with E-state index in [1.165, 1.54) is 6.42 Å². The first-order valence-corrected chi connectivity index (χ1v) is 5.34. The van der Waals surface area contributed by atoms with Crippen molar-refractivity contribution in [1.29, 1.82) is 0 Å². The van der Waals surface area contributed by atoms with Gasteiger partial charge in [-0.15, -0.1) is 0 Å². The summed E-state index contributed by atoms with van der Waals surface area (Å²) in [5.74, 6) is 0.644. The van der Waals surface area contributed by atoms with Crippen molar-refractivity contribution in [1.82, 2.24) is 0 Å². The Morgan fingerprint density at radius 2 is 2.09 bits per heavy atom. The molecule has 2 atom stereocenters. The minimum absolute atomic E-state index is 0.425. The quantitative estimate of drug-likeness (QED) is 0.562. The van der Waals surface area contributed by atoms with E-state index in [1.54, 1.807) is 0 Å². The van der Waals surface area contributed by atoms with Crippen molar-refractivity contribution in [3.8, 4) is 0 Å². The molecule has 1 nitrogen and oxygen atoms in total. The molecule has 3 heteroatoms. The Morgan fingerprint density at radius 1 is 1.45 bits per heavy atom. The number of hydrogen-bond donors (Lipinski definition) is 0. The molecule has 2 unspecified atom stereocenters. The van der Waals surface area contributed by atoms with Crippen LogP contribution in [-0.4, -0.2) is 17.5 Å². The van der Waals surface area contributed by atoms with Crippen molar-refractivity contribution >= 4 is 17.8 Å². The molecular weight excluding hydrogens is 155 g/mol. The van der Waals surface area contributed by atoms with Crippen LogP contribution in [0.15, 0.2) is 0 Å². The van der Waals surface area contributed by atoms with Gasteiger partial charge in [0.2, 0.25) is 0 Å². The lowest BCUT2D eigenvalue weighted by Gasteiger charge is -2.31. The van der Waals surface area contributed by atoms with Gasteiger partial charge in [-0.1, -0.05) is 20.8 Å². The summed E-state index contributed by atoms with van der Waals surface area (Å²) in [5.41, 5.74) is 0. The van der Waals surface area contributed by atoms with E-state index in [2.05, 4.69) is 27.7 Å². The van der Waals surface area contributed by atoms with Gasteiger partial charge < -0.3 is 4.65 Å². The molecule has 0 bridgehead atoms. The lowest BCUT2D eigenvalue weighted by molar-refractivity contribution is 0.210. The topological polar surface area (TPSA) is 9.23 Å². The summed E-state index contributed by atoms with van der Waals surface area (Å²) in [7, 11) is 0. The fourth-order valence-electron chi connectivity index (χ4n) is 1.38. The molecule has 0 N–H and O–H groups in total. The Labute approximate surface area is 74.3 Å². The third kappa shape index (κ3) is 2.71. The Bertz CT molecular complexity index is 119. The highest BCUT2D eigenvalue weighted by Gasteiger charge is 2.31. The van der Waals surface area contributed by atoms with E-state index in [9.17, 15) is 0 Å². The summed E-state index contributed by atoms with van der Waals surface area (Å²) in [6.07, 6.45) is 2.08.